The van der Waals surface area contributed by atoms with Gasteiger partial charge in [0.25, 0.3) is 0 Å². The van der Waals surface area contributed by atoms with Crippen LogP contribution in [0.15, 0.2) is 77.2 Å². The SMILES string of the molecule is COc1ccccc1OCCNCC(O)COc1ccc2oc(C(=O)c3ccccc3)c(C)c2c1. The molecule has 0 amide bonds. The van der Waals surface area contributed by atoms with Gasteiger partial charge in [0.05, 0.1) is 7.11 Å². The number of hydrogen-bond acceptors (Lipinski definition) is 7. The van der Waals surface area contributed by atoms with Gasteiger partial charge in [0, 0.05) is 29.6 Å². The smallest absolute Gasteiger partial charge is 0.228 e. The van der Waals surface area contributed by atoms with Gasteiger partial charge in [0.2, 0.25) is 5.78 Å². The molecular formula is C28H29NO6. The van der Waals surface area contributed by atoms with E-state index >= 15 is 0 Å². The molecule has 0 aliphatic carbocycles. The van der Waals surface area contributed by atoms with Gasteiger partial charge >= 0.3 is 0 Å². The van der Waals surface area contributed by atoms with Crippen LogP contribution in [-0.2, 0) is 0 Å². The van der Waals surface area contributed by atoms with Crippen molar-refractivity contribution in [1.29, 1.82) is 0 Å². The number of aliphatic hydroxyl groups excluding tert-OH is 1. The number of methoxy groups -OCH3 is 1. The van der Waals surface area contributed by atoms with Crippen LogP contribution in [0, 0.1) is 6.92 Å². The highest BCUT2D eigenvalue weighted by molar-refractivity contribution is 6.10. The van der Waals surface area contributed by atoms with Gasteiger partial charge in [0.15, 0.2) is 17.3 Å². The van der Waals surface area contributed by atoms with Crippen LogP contribution in [-0.4, -0.2) is 50.4 Å². The molecular weight excluding hydrogens is 446 g/mol. The Morgan fingerprint density at radius 2 is 1.74 bits per heavy atom. The number of rotatable bonds is 12. The number of furan rings is 1. The molecule has 0 spiro atoms. The average molecular weight is 476 g/mol. The van der Waals surface area contributed by atoms with Crippen molar-refractivity contribution in [3.8, 4) is 17.2 Å². The summed E-state index contributed by atoms with van der Waals surface area (Å²) in [6.45, 7) is 3.34. The Kier molecular flexibility index (Phi) is 8.03. The molecule has 4 rings (SSSR count). The number of hydrogen-bond donors (Lipinski definition) is 2. The van der Waals surface area contributed by atoms with E-state index in [-0.39, 0.29) is 12.4 Å². The highest BCUT2D eigenvalue weighted by atomic mass is 16.5. The monoisotopic (exact) mass is 475 g/mol. The van der Waals surface area contributed by atoms with Crippen molar-refractivity contribution in [2.24, 2.45) is 0 Å². The fourth-order valence-corrected chi connectivity index (χ4v) is 3.72. The molecule has 0 saturated carbocycles. The Bertz CT molecular complexity index is 1270. The third-order valence-electron chi connectivity index (χ3n) is 5.58. The minimum Gasteiger partial charge on any atom is -0.493 e. The third-order valence-corrected chi connectivity index (χ3v) is 5.58. The van der Waals surface area contributed by atoms with E-state index in [4.69, 9.17) is 18.6 Å². The minimum atomic E-state index is -0.697. The molecule has 1 unspecified atom stereocenters. The molecule has 1 heterocycles. The van der Waals surface area contributed by atoms with E-state index in [1.807, 2.05) is 55.5 Å². The lowest BCUT2D eigenvalue weighted by atomic mass is 10.0. The van der Waals surface area contributed by atoms with E-state index in [9.17, 15) is 9.90 Å². The molecule has 182 valence electrons. The zero-order valence-corrected chi connectivity index (χ0v) is 19.8. The molecule has 35 heavy (non-hydrogen) atoms. The van der Waals surface area contributed by atoms with Gasteiger partial charge in [-0.3, -0.25) is 4.79 Å². The zero-order valence-electron chi connectivity index (χ0n) is 19.8. The molecule has 1 atom stereocenters. The van der Waals surface area contributed by atoms with E-state index in [2.05, 4.69) is 5.32 Å². The van der Waals surface area contributed by atoms with Gasteiger partial charge < -0.3 is 29.1 Å². The van der Waals surface area contributed by atoms with Gasteiger partial charge in [0.1, 0.15) is 30.7 Å². The maximum atomic E-state index is 12.8. The first-order chi connectivity index (χ1) is 17.1. The van der Waals surface area contributed by atoms with Crippen molar-refractivity contribution in [3.05, 3.63) is 89.7 Å². The van der Waals surface area contributed by atoms with Crippen LogP contribution in [0.3, 0.4) is 0 Å². The summed E-state index contributed by atoms with van der Waals surface area (Å²) in [5, 5.41) is 14.2. The Morgan fingerprint density at radius 3 is 2.51 bits per heavy atom. The van der Waals surface area contributed by atoms with Crippen LogP contribution < -0.4 is 19.5 Å². The molecule has 0 aliphatic rings. The molecule has 7 nitrogen and oxygen atoms in total. The van der Waals surface area contributed by atoms with Crippen LogP contribution in [0.1, 0.15) is 21.7 Å². The highest BCUT2D eigenvalue weighted by Gasteiger charge is 2.19. The van der Waals surface area contributed by atoms with Gasteiger partial charge in [-0.2, -0.15) is 0 Å². The summed E-state index contributed by atoms with van der Waals surface area (Å²) in [4.78, 5) is 12.8. The first-order valence-corrected chi connectivity index (χ1v) is 11.5. The molecule has 0 radical (unpaired) electrons. The second-order valence-electron chi connectivity index (χ2n) is 8.08. The average Bonchev–Trinajstić information content (AvgIpc) is 3.23. The Labute approximate surface area is 204 Å². The van der Waals surface area contributed by atoms with E-state index in [0.29, 0.717) is 53.9 Å². The summed E-state index contributed by atoms with van der Waals surface area (Å²) >= 11 is 0. The minimum absolute atomic E-state index is 0.124. The molecule has 4 aromatic rings. The molecule has 0 aliphatic heterocycles. The normalized spacial score (nSPS) is 11.9. The Morgan fingerprint density at radius 1 is 1.00 bits per heavy atom. The van der Waals surface area contributed by atoms with E-state index in [0.717, 1.165) is 10.9 Å². The van der Waals surface area contributed by atoms with Crippen LogP contribution in [0.2, 0.25) is 0 Å². The molecule has 2 N–H and O–H groups in total. The van der Waals surface area contributed by atoms with Crippen LogP contribution in [0.25, 0.3) is 11.0 Å². The van der Waals surface area contributed by atoms with Crippen LogP contribution in [0.5, 0.6) is 17.2 Å². The zero-order chi connectivity index (χ0) is 24.6. The number of aryl methyl sites for hydroxylation is 1. The number of ketones is 1. The van der Waals surface area contributed by atoms with Crippen molar-refractivity contribution in [1.82, 2.24) is 5.32 Å². The quantitative estimate of drug-likeness (QED) is 0.232. The van der Waals surface area contributed by atoms with Gasteiger partial charge in [-0.05, 0) is 37.3 Å². The number of carbonyl (C=O) groups excluding carboxylic acids is 1. The first kappa shape index (κ1) is 24.3. The molecule has 3 aromatic carbocycles. The fourth-order valence-electron chi connectivity index (χ4n) is 3.72. The van der Waals surface area contributed by atoms with Crippen LogP contribution in [0.4, 0.5) is 0 Å². The largest absolute Gasteiger partial charge is 0.493 e. The number of nitrogens with one attached hydrogen (secondary N) is 1. The fraction of sp³-hybridized carbons (Fsp3) is 0.250. The predicted molar refractivity (Wildman–Crippen MR) is 134 cm³/mol. The summed E-state index contributed by atoms with van der Waals surface area (Å²) in [5.74, 6) is 2.13. The summed E-state index contributed by atoms with van der Waals surface area (Å²) in [7, 11) is 1.60. The van der Waals surface area contributed by atoms with Crippen molar-refractivity contribution in [3.63, 3.8) is 0 Å². The maximum Gasteiger partial charge on any atom is 0.228 e. The topological polar surface area (TPSA) is 90.2 Å². The summed E-state index contributed by atoms with van der Waals surface area (Å²) < 4.78 is 22.6. The molecule has 0 saturated heterocycles. The van der Waals surface area contributed by atoms with E-state index in [1.165, 1.54) is 0 Å². The summed E-state index contributed by atoms with van der Waals surface area (Å²) in [6.07, 6.45) is -0.697. The maximum absolute atomic E-state index is 12.8. The first-order valence-electron chi connectivity index (χ1n) is 11.5. The molecule has 0 fully saturated rings. The van der Waals surface area contributed by atoms with Gasteiger partial charge in [-0.15, -0.1) is 0 Å². The number of ether oxygens (including phenoxy) is 3. The van der Waals surface area contributed by atoms with Gasteiger partial charge in [-0.25, -0.2) is 0 Å². The number of para-hydroxylation sites is 2. The number of benzene rings is 3. The second kappa shape index (κ2) is 11.6. The standard InChI is InChI=1S/C28H29NO6/c1-19-23-16-22(12-13-24(23)35-28(19)27(31)20-8-4-3-5-9-20)34-18-21(30)17-29-14-15-33-26-11-7-6-10-25(26)32-2/h3-13,16,21,29-30H,14-15,17-18H2,1-2H3. The number of carbonyl (C=O) groups is 1. The second-order valence-corrected chi connectivity index (χ2v) is 8.08. The summed E-state index contributed by atoms with van der Waals surface area (Å²) in [6, 6.07) is 21.9. The predicted octanol–water partition coefficient (Wildman–Crippen LogP) is 4.39. The lowest BCUT2D eigenvalue weighted by Crippen LogP contribution is -2.33. The van der Waals surface area contributed by atoms with E-state index < -0.39 is 6.10 Å². The highest BCUT2D eigenvalue weighted by Crippen LogP contribution is 2.30. The lowest BCUT2D eigenvalue weighted by molar-refractivity contribution is 0.101. The summed E-state index contributed by atoms with van der Waals surface area (Å²) in [5.41, 5.74) is 1.96. The van der Waals surface area contributed by atoms with Gasteiger partial charge in [-0.1, -0.05) is 42.5 Å². The van der Waals surface area contributed by atoms with Crippen molar-refractivity contribution >= 4 is 16.8 Å². The van der Waals surface area contributed by atoms with Crippen LogP contribution >= 0.6 is 0 Å². The molecule has 1 aromatic heterocycles. The van der Waals surface area contributed by atoms with E-state index in [1.54, 1.807) is 31.4 Å². The Balaban J connectivity index is 1.26. The van der Waals surface area contributed by atoms with Crippen molar-refractivity contribution in [2.75, 3.05) is 33.4 Å². The lowest BCUT2D eigenvalue weighted by Gasteiger charge is -2.14. The molecule has 0 bridgehead atoms. The Hall–Kier alpha value is -3.81. The number of fused-ring (bicyclic) bond motifs is 1. The van der Waals surface area contributed by atoms with Crippen molar-refractivity contribution in [2.45, 2.75) is 13.0 Å². The third kappa shape index (κ3) is 6.01. The molecule has 7 heteroatoms. The van der Waals surface area contributed by atoms with Crippen molar-refractivity contribution < 1.29 is 28.5 Å². The number of aliphatic hydroxyl groups is 1.